The van der Waals surface area contributed by atoms with Crippen LogP contribution in [0.2, 0.25) is 0 Å². The quantitative estimate of drug-likeness (QED) is 0.866. The predicted octanol–water partition coefficient (Wildman–Crippen LogP) is 0.706. The number of aliphatic carboxylic acids is 1. The lowest BCUT2D eigenvalue weighted by molar-refractivity contribution is -0.159. The molecule has 1 aromatic rings. The van der Waals surface area contributed by atoms with Gasteiger partial charge < -0.3 is 14.7 Å². The first-order valence-electron chi connectivity index (χ1n) is 5.97. The molecule has 6 heteroatoms. The topological polar surface area (TPSA) is 79.7 Å². The summed E-state index contributed by atoms with van der Waals surface area (Å²) in [5.41, 5.74) is 0.826. The summed E-state index contributed by atoms with van der Waals surface area (Å²) in [6, 6.07) is 3.52. The minimum absolute atomic E-state index is 0.107. The van der Waals surface area contributed by atoms with E-state index < -0.39 is 11.6 Å². The fourth-order valence-electron chi connectivity index (χ4n) is 2.01. The van der Waals surface area contributed by atoms with Gasteiger partial charge >= 0.3 is 5.97 Å². The van der Waals surface area contributed by atoms with E-state index >= 15 is 0 Å². The highest BCUT2D eigenvalue weighted by atomic mass is 16.5. The Kier molecular flexibility index (Phi) is 3.53. The number of aromatic nitrogens is 1. The highest BCUT2D eigenvalue weighted by molar-refractivity contribution is 5.94. The van der Waals surface area contributed by atoms with Gasteiger partial charge in [-0.25, -0.2) is 4.79 Å². The summed E-state index contributed by atoms with van der Waals surface area (Å²) in [6.07, 6.45) is 1.55. The maximum Gasteiger partial charge on any atom is 0.329 e. The molecule has 6 nitrogen and oxygen atoms in total. The summed E-state index contributed by atoms with van der Waals surface area (Å²) < 4.78 is 5.25. The Labute approximate surface area is 111 Å². The Balaban J connectivity index is 1.91. The first-order chi connectivity index (χ1) is 8.89. The number of likely N-dealkylation sites (tertiary alicyclic amines) is 1. The van der Waals surface area contributed by atoms with Gasteiger partial charge in [0.2, 0.25) is 0 Å². The number of carboxylic acid groups (broad SMARTS) is 1. The van der Waals surface area contributed by atoms with Crippen LogP contribution in [0.1, 0.15) is 23.0 Å². The zero-order valence-corrected chi connectivity index (χ0v) is 10.9. The van der Waals surface area contributed by atoms with E-state index in [1.165, 1.54) is 0 Å². The average molecular weight is 264 g/mol. The van der Waals surface area contributed by atoms with Gasteiger partial charge in [-0.05, 0) is 26.0 Å². The zero-order chi connectivity index (χ0) is 14.0. The Hall–Kier alpha value is -1.95. The Morgan fingerprint density at radius 1 is 1.47 bits per heavy atom. The third kappa shape index (κ3) is 3.08. The molecule has 1 N–H and O–H groups in total. The van der Waals surface area contributed by atoms with Crippen LogP contribution >= 0.6 is 0 Å². The number of aryl methyl sites for hydroxylation is 1. The van der Waals surface area contributed by atoms with Crippen LogP contribution in [0.25, 0.3) is 0 Å². The molecule has 2 heterocycles. The summed E-state index contributed by atoms with van der Waals surface area (Å²) in [4.78, 5) is 28.2. The highest BCUT2D eigenvalue weighted by Crippen LogP contribution is 2.26. The van der Waals surface area contributed by atoms with Crippen LogP contribution in [0, 0.1) is 6.92 Å². The van der Waals surface area contributed by atoms with Gasteiger partial charge in [0.25, 0.3) is 5.91 Å². The van der Waals surface area contributed by atoms with Gasteiger partial charge in [0.15, 0.2) is 0 Å². The van der Waals surface area contributed by atoms with Gasteiger partial charge in [0.05, 0.1) is 18.7 Å². The van der Waals surface area contributed by atoms with Gasteiger partial charge in [-0.15, -0.1) is 0 Å². The van der Waals surface area contributed by atoms with Gasteiger partial charge in [0.1, 0.15) is 12.2 Å². The summed E-state index contributed by atoms with van der Waals surface area (Å²) >= 11 is 0. The number of ether oxygens (including phenoxy) is 1. The number of rotatable bonds is 4. The van der Waals surface area contributed by atoms with E-state index in [9.17, 15) is 9.59 Å². The van der Waals surface area contributed by atoms with Gasteiger partial charge in [-0.3, -0.25) is 9.78 Å². The van der Waals surface area contributed by atoms with Crippen LogP contribution < -0.4 is 0 Å². The molecular formula is C13H16N2O4. The lowest BCUT2D eigenvalue weighted by Crippen LogP contribution is -2.63. The van der Waals surface area contributed by atoms with Gasteiger partial charge in [0, 0.05) is 11.9 Å². The van der Waals surface area contributed by atoms with Crippen LogP contribution in [0.5, 0.6) is 0 Å². The van der Waals surface area contributed by atoms with Crippen LogP contribution in [0.4, 0.5) is 0 Å². The van der Waals surface area contributed by atoms with Gasteiger partial charge in [-0.2, -0.15) is 0 Å². The molecule has 0 aromatic carbocycles. The normalized spacial score (nSPS) is 16.8. The van der Waals surface area contributed by atoms with Crippen molar-refractivity contribution in [1.82, 2.24) is 9.88 Å². The molecule has 1 aliphatic rings. The first kappa shape index (κ1) is 13.5. The monoisotopic (exact) mass is 264 g/mol. The second-order valence-corrected chi connectivity index (χ2v) is 4.98. The van der Waals surface area contributed by atoms with Crippen LogP contribution in [-0.4, -0.2) is 52.2 Å². The van der Waals surface area contributed by atoms with Crippen molar-refractivity contribution in [2.75, 3.05) is 19.7 Å². The fourth-order valence-corrected chi connectivity index (χ4v) is 2.01. The van der Waals surface area contributed by atoms with E-state index in [1.807, 2.05) is 6.92 Å². The van der Waals surface area contributed by atoms with Crippen LogP contribution in [0.15, 0.2) is 18.3 Å². The second-order valence-electron chi connectivity index (χ2n) is 4.98. The molecule has 1 fully saturated rings. The molecule has 0 saturated carbocycles. The number of nitrogens with zero attached hydrogens (tertiary/aromatic N) is 2. The molecule has 1 aromatic heterocycles. The highest BCUT2D eigenvalue weighted by Gasteiger charge is 2.42. The molecular weight excluding hydrogens is 248 g/mol. The van der Waals surface area contributed by atoms with Crippen molar-refractivity contribution in [2.45, 2.75) is 19.4 Å². The van der Waals surface area contributed by atoms with Crippen molar-refractivity contribution < 1.29 is 19.4 Å². The minimum atomic E-state index is -1.01. The molecule has 1 aliphatic heterocycles. The molecule has 0 bridgehead atoms. The number of hydrogen-bond acceptors (Lipinski definition) is 4. The Morgan fingerprint density at radius 3 is 2.68 bits per heavy atom. The van der Waals surface area contributed by atoms with Crippen molar-refractivity contribution in [1.29, 1.82) is 0 Å². The number of carbonyl (C=O) groups excluding carboxylic acids is 1. The molecule has 102 valence electrons. The van der Waals surface area contributed by atoms with E-state index in [1.54, 1.807) is 30.2 Å². The standard InChI is InChI=1S/C13H16N2O4/c1-9-3-4-10(5-14-9)12(18)15-7-13(2,8-15)19-6-11(16)17/h3-5H,6-8H2,1-2H3,(H,16,17). The Bertz CT molecular complexity index is 492. The summed E-state index contributed by atoms with van der Waals surface area (Å²) in [5, 5.41) is 8.56. The third-order valence-electron chi connectivity index (χ3n) is 3.04. The maximum atomic E-state index is 12.1. The van der Waals surface area contributed by atoms with E-state index in [-0.39, 0.29) is 12.5 Å². The number of pyridine rings is 1. The molecule has 1 saturated heterocycles. The van der Waals surface area contributed by atoms with E-state index in [2.05, 4.69) is 4.98 Å². The SMILES string of the molecule is Cc1ccc(C(=O)N2CC(C)(OCC(=O)O)C2)cn1. The molecule has 0 atom stereocenters. The molecule has 1 amide bonds. The average Bonchev–Trinajstić information content (AvgIpc) is 2.33. The van der Waals surface area contributed by atoms with E-state index in [0.717, 1.165) is 5.69 Å². The van der Waals surface area contributed by atoms with E-state index in [4.69, 9.17) is 9.84 Å². The lowest BCUT2D eigenvalue weighted by Gasteiger charge is -2.47. The van der Waals surface area contributed by atoms with Crippen LogP contribution in [-0.2, 0) is 9.53 Å². The lowest BCUT2D eigenvalue weighted by atomic mass is 9.95. The largest absolute Gasteiger partial charge is 0.480 e. The molecule has 0 radical (unpaired) electrons. The summed E-state index contributed by atoms with van der Waals surface area (Å²) in [5.74, 6) is -1.11. The Morgan fingerprint density at radius 2 is 2.16 bits per heavy atom. The van der Waals surface area contributed by atoms with Crippen LogP contribution in [0.3, 0.4) is 0 Å². The first-order valence-corrected chi connectivity index (χ1v) is 5.97. The maximum absolute atomic E-state index is 12.1. The molecule has 0 spiro atoms. The fraction of sp³-hybridized carbons (Fsp3) is 0.462. The molecule has 0 aliphatic carbocycles. The molecule has 19 heavy (non-hydrogen) atoms. The van der Waals surface area contributed by atoms with Crippen molar-refractivity contribution in [3.05, 3.63) is 29.6 Å². The third-order valence-corrected chi connectivity index (χ3v) is 3.04. The zero-order valence-electron chi connectivity index (χ0n) is 10.9. The summed E-state index contributed by atoms with van der Waals surface area (Å²) in [7, 11) is 0. The predicted molar refractivity (Wildman–Crippen MR) is 66.9 cm³/mol. The van der Waals surface area contributed by atoms with Crippen molar-refractivity contribution in [3.63, 3.8) is 0 Å². The van der Waals surface area contributed by atoms with Gasteiger partial charge in [-0.1, -0.05) is 0 Å². The number of hydrogen-bond donors (Lipinski definition) is 1. The summed E-state index contributed by atoms with van der Waals surface area (Å²) in [6.45, 7) is 4.10. The molecule has 0 unspecified atom stereocenters. The molecule has 2 rings (SSSR count). The van der Waals surface area contributed by atoms with Crippen molar-refractivity contribution in [3.8, 4) is 0 Å². The minimum Gasteiger partial charge on any atom is -0.480 e. The number of carbonyl (C=O) groups is 2. The van der Waals surface area contributed by atoms with E-state index in [0.29, 0.717) is 18.7 Å². The smallest absolute Gasteiger partial charge is 0.329 e. The second kappa shape index (κ2) is 4.97. The number of amides is 1. The van der Waals surface area contributed by atoms with Crippen molar-refractivity contribution >= 4 is 11.9 Å². The number of carboxylic acids is 1. The van der Waals surface area contributed by atoms with Crippen molar-refractivity contribution in [2.24, 2.45) is 0 Å².